The van der Waals surface area contributed by atoms with E-state index in [1.165, 1.54) is 32.3 Å². The molecule has 0 aliphatic rings. The third-order valence-corrected chi connectivity index (χ3v) is 4.85. The van der Waals surface area contributed by atoms with Gasteiger partial charge in [0, 0.05) is 25.9 Å². The number of amides is 1. The third kappa shape index (κ3) is 4.30. The van der Waals surface area contributed by atoms with Crippen molar-refractivity contribution < 1.29 is 17.6 Å². The molecule has 1 aromatic heterocycles. The van der Waals surface area contributed by atoms with Crippen molar-refractivity contribution in [2.45, 2.75) is 11.8 Å². The fourth-order valence-electron chi connectivity index (χ4n) is 1.83. The van der Waals surface area contributed by atoms with E-state index in [4.69, 9.17) is 4.42 Å². The van der Waals surface area contributed by atoms with Crippen LogP contribution in [-0.4, -0.2) is 32.7 Å². The number of hydrogen-bond acceptors (Lipinski definition) is 4. The van der Waals surface area contributed by atoms with Gasteiger partial charge in [-0.2, -0.15) is 0 Å². The van der Waals surface area contributed by atoms with E-state index in [1.807, 2.05) is 6.92 Å². The lowest BCUT2D eigenvalue weighted by Gasteiger charge is -2.12. The summed E-state index contributed by atoms with van der Waals surface area (Å²) in [6.45, 7) is 1.81. The first kappa shape index (κ1) is 17.0. The minimum atomic E-state index is -3.54. The molecule has 0 fully saturated rings. The van der Waals surface area contributed by atoms with Crippen LogP contribution in [-0.2, 0) is 14.8 Å². The fourth-order valence-corrected chi connectivity index (χ4v) is 2.78. The van der Waals surface area contributed by atoms with Crippen molar-refractivity contribution in [3.63, 3.8) is 0 Å². The summed E-state index contributed by atoms with van der Waals surface area (Å²) in [6.07, 6.45) is 2.87. The predicted octanol–water partition coefficient (Wildman–Crippen LogP) is 2.49. The van der Waals surface area contributed by atoms with Crippen LogP contribution in [0.1, 0.15) is 11.5 Å². The summed E-state index contributed by atoms with van der Waals surface area (Å²) in [6, 6.07) is 9.64. The van der Waals surface area contributed by atoms with Crippen LogP contribution in [0.25, 0.3) is 6.08 Å². The zero-order valence-electron chi connectivity index (χ0n) is 13.1. The van der Waals surface area contributed by atoms with Crippen LogP contribution in [0.15, 0.2) is 51.8 Å². The molecule has 0 unspecified atom stereocenters. The van der Waals surface area contributed by atoms with Gasteiger partial charge in [0.05, 0.1) is 4.90 Å². The Hall–Kier alpha value is -2.38. The lowest BCUT2D eigenvalue weighted by atomic mass is 10.3. The molecule has 23 heavy (non-hydrogen) atoms. The Balaban J connectivity index is 2.11. The molecule has 1 N–H and O–H groups in total. The summed E-state index contributed by atoms with van der Waals surface area (Å²) in [5.41, 5.74) is 0.401. The number of nitrogens with one attached hydrogen (secondary N) is 1. The summed E-state index contributed by atoms with van der Waals surface area (Å²) in [7, 11) is -0.633. The van der Waals surface area contributed by atoms with Crippen LogP contribution in [0.5, 0.6) is 0 Å². The van der Waals surface area contributed by atoms with Gasteiger partial charge in [-0.25, -0.2) is 12.7 Å². The SMILES string of the molecule is Cc1ccc(/C=C/C(=O)Nc2cccc(S(=O)(=O)N(C)C)c2)o1. The van der Waals surface area contributed by atoms with E-state index in [0.717, 1.165) is 10.1 Å². The van der Waals surface area contributed by atoms with Crippen molar-refractivity contribution in [2.24, 2.45) is 0 Å². The monoisotopic (exact) mass is 334 g/mol. The van der Waals surface area contributed by atoms with Crippen LogP contribution < -0.4 is 5.32 Å². The molecule has 0 spiro atoms. The van der Waals surface area contributed by atoms with E-state index in [2.05, 4.69) is 5.32 Å². The smallest absolute Gasteiger partial charge is 0.248 e. The summed E-state index contributed by atoms with van der Waals surface area (Å²) < 4.78 is 30.6. The highest BCUT2D eigenvalue weighted by molar-refractivity contribution is 7.89. The number of sulfonamides is 1. The number of aryl methyl sites for hydroxylation is 1. The molecule has 2 rings (SSSR count). The van der Waals surface area contributed by atoms with Crippen molar-refractivity contribution in [1.29, 1.82) is 0 Å². The Morgan fingerprint density at radius 2 is 1.96 bits per heavy atom. The second-order valence-corrected chi connectivity index (χ2v) is 7.24. The molecule has 0 saturated heterocycles. The van der Waals surface area contributed by atoms with Gasteiger partial charge in [0.15, 0.2) is 0 Å². The lowest BCUT2D eigenvalue weighted by molar-refractivity contribution is -0.111. The van der Waals surface area contributed by atoms with Crippen molar-refractivity contribution >= 4 is 27.7 Å². The molecular formula is C16H18N2O4S. The van der Waals surface area contributed by atoms with E-state index in [0.29, 0.717) is 11.4 Å². The van der Waals surface area contributed by atoms with Gasteiger partial charge in [0.25, 0.3) is 0 Å². The van der Waals surface area contributed by atoms with Crippen molar-refractivity contribution in [2.75, 3.05) is 19.4 Å². The molecule has 0 radical (unpaired) electrons. The number of rotatable bonds is 5. The molecule has 1 amide bonds. The highest BCUT2D eigenvalue weighted by Gasteiger charge is 2.17. The molecular weight excluding hydrogens is 316 g/mol. The first-order valence-corrected chi connectivity index (χ1v) is 8.31. The topological polar surface area (TPSA) is 79.6 Å². The minimum Gasteiger partial charge on any atom is -0.462 e. The van der Waals surface area contributed by atoms with Gasteiger partial charge in [0.2, 0.25) is 15.9 Å². The van der Waals surface area contributed by atoms with Crippen LogP contribution in [0, 0.1) is 6.92 Å². The van der Waals surface area contributed by atoms with Crippen LogP contribution in [0.2, 0.25) is 0 Å². The maximum absolute atomic E-state index is 12.1. The van der Waals surface area contributed by atoms with Gasteiger partial charge < -0.3 is 9.73 Å². The fraction of sp³-hybridized carbons (Fsp3) is 0.188. The molecule has 122 valence electrons. The molecule has 7 heteroatoms. The van der Waals surface area contributed by atoms with E-state index in [1.54, 1.807) is 30.3 Å². The van der Waals surface area contributed by atoms with Gasteiger partial charge >= 0.3 is 0 Å². The predicted molar refractivity (Wildman–Crippen MR) is 88.4 cm³/mol. The number of hydrogen-bond donors (Lipinski definition) is 1. The number of nitrogens with zero attached hydrogens (tertiary/aromatic N) is 1. The molecule has 0 aliphatic carbocycles. The van der Waals surface area contributed by atoms with Gasteiger partial charge in [-0.1, -0.05) is 6.07 Å². The minimum absolute atomic E-state index is 0.117. The number of carbonyl (C=O) groups is 1. The van der Waals surface area contributed by atoms with Gasteiger partial charge in [-0.05, 0) is 43.3 Å². The standard InChI is InChI=1S/C16H18N2O4S/c1-12-7-8-14(22-12)9-10-16(19)17-13-5-4-6-15(11-13)23(20,21)18(2)3/h4-11H,1-3H3,(H,17,19)/b10-9+. The average molecular weight is 334 g/mol. The van der Waals surface area contributed by atoms with Crippen LogP contribution in [0.3, 0.4) is 0 Å². The Morgan fingerprint density at radius 1 is 1.22 bits per heavy atom. The maximum atomic E-state index is 12.1. The normalized spacial score (nSPS) is 12.0. The second-order valence-electron chi connectivity index (χ2n) is 5.09. The van der Waals surface area contributed by atoms with Crippen molar-refractivity contribution in [1.82, 2.24) is 4.31 Å². The Kier molecular flexibility index (Phi) is 5.02. The van der Waals surface area contributed by atoms with E-state index in [9.17, 15) is 13.2 Å². The maximum Gasteiger partial charge on any atom is 0.248 e. The summed E-state index contributed by atoms with van der Waals surface area (Å²) in [5.74, 6) is 0.951. The first-order valence-electron chi connectivity index (χ1n) is 6.87. The zero-order chi connectivity index (χ0) is 17.0. The lowest BCUT2D eigenvalue weighted by Crippen LogP contribution is -2.22. The van der Waals surface area contributed by atoms with Gasteiger partial charge in [0.1, 0.15) is 11.5 Å². The zero-order valence-corrected chi connectivity index (χ0v) is 13.9. The number of benzene rings is 1. The van der Waals surface area contributed by atoms with Gasteiger partial charge in [-0.15, -0.1) is 0 Å². The van der Waals surface area contributed by atoms with Crippen molar-refractivity contribution in [3.05, 3.63) is 54.0 Å². The quantitative estimate of drug-likeness (QED) is 0.852. The Bertz CT molecular complexity index is 835. The number of furan rings is 1. The summed E-state index contributed by atoms with van der Waals surface area (Å²) in [4.78, 5) is 12.0. The molecule has 0 bridgehead atoms. The highest BCUT2D eigenvalue weighted by Crippen LogP contribution is 2.18. The highest BCUT2D eigenvalue weighted by atomic mass is 32.2. The molecule has 0 saturated carbocycles. The Morgan fingerprint density at radius 3 is 2.57 bits per heavy atom. The van der Waals surface area contributed by atoms with Crippen LogP contribution in [0.4, 0.5) is 5.69 Å². The summed E-state index contributed by atoms with van der Waals surface area (Å²) in [5, 5.41) is 2.62. The second kappa shape index (κ2) is 6.80. The van der Waals surface area contributed by atoms with E-state index < -0.39 is 10.0 Å². The molecule has 1 aromatic carbocycles. The largest absolute Gasteiger partial charge is 0.462 e. The summed E-state index contributed by atoms with van der Waals surface area (Å²) >= 11 is 0. The van der Waals surface area contributed by atoms with E-state index >= 15 is 0 Å². The molecule has 0 atom stereocenters. The number of anilines is 1. The number of carbonyl (C=O) groups excluding carboxylic acids is 1. The molecule has 2 aromatic rings. The Labute approximate surface area is 135 Å². The van der Waals surface area contributed by atoms with E-state index in [-0.39, 0.29) is 10.8 Å². The first-order chi connectivity index (χ1) is 10.8. The average Bonchev–Trinajstić information content (AvgIpc) is 2.91. The van der Waals surface area contributed by atoms with Crippen LogP contribution >= 0.6 is 0 Å². The molecule has 0 aliphatic heterocycles. The van der Waals surface area contributed by atoms with Crippen molar-refractivity contribution in [3.8, 4) is 0 Å². The molecule has 1 heterocycles. The molecule has 6 nitrogen and oxygen atoms in total. The third-order valence-electron chi connectivity index (χ3n) is 3.04. The van der Waals surface area contributed by atoms with Gasteiger partial charge in [-0.3, -0.25) is 4.79 Å².